The maximum Gasteiger partial charge on any atom is 0.159 e. The monoisotopic (exact) mass is 314 g/mol. The Morgan fingerprint density at radius 1 is 1.00 bits per heavy atom. The highest BCUT2D eigenvalue weighted by molar-refractivity contribution is 5.97. The summed E-state index contributed by atoms with van der Waals surface area (Å²) >= 11 is 0. The van der Waals surface area contributed by atoms with Crippen molar-refractivity contribution < 1.29 is 4.79 Å². The van der Waals surface area contributed by atoms with Crippen molar-refractivity contribution in [1.82, 2.24) is 19.5 Å². The second kappa shape index (κ2) is 5.70. The van der Waals surface area contributed by atoms with Crippen molar-refractivity contribution in [1.29, 1.82) is 0 Å². The van der Waals surface area contributed by atoms with E-state index in [2.05, 4.69) is 21.0 Å². The molecule has 0 aliphatic rings. The third-order valence-corrected chi connectivity index (χ3v) is 3.97. The van der Waals surface area contributed by atoms with Gasteiger partial charge in [-0.2, -0.15) is 0 Å². The highest BCUT2D eigenvalue weighted by atomic mass is 16.1. The standard InChI is InChI=1S/C19H14N4O/c1-13(24)14-5-6-19-18(8-14)22-12-23(19)17-4-2-3-15(7-17)16-9-20-11-21-10-16/h2-12H,1H3. The lowest BCUT2D eigenvalue weighted by Gasteiger charge is -2.07. The Balaban J connectivity index is 1.82. The van der Waals surface area contributed by atoms with Crippen LogP contribution in [0, 0.1) is 0 Å². The van der Waals surface area contributed by atoms with Gasteiger partial charge in [-0.25, -0.2) is 15.0 Å². The molecule has 0 aliphatic carbocycles. The molecule has 2 heterocycles. The smallest absolute Gasteiger partial charge is 0.159 e. The molecule has 116 valence electrons. The first kappa shape index (κ1) is 14.3. The van der Waals surface area contributed by atoms with Gasteiger partial charge in [-0.3, -0.25) is 9.36 Å². The van der Waals surface area contributed by atoms with Gasteiger partial charge >= 0.3 is 0 Å². The summed E-state index contributed by atoms with van der Waals surface area (Å²) in [7, 11) is 0. The Morgan fingerprint density at radius 3 is 2.62 bits per heavy atom. The van der Waals surface area contributed by atoms with Crippen LogP contribution < -0.4 is 0 Å². The fourth-order valence-electron chi connectivity index (χ4n) is 2.72. The number of imidazole rings is 1. The number of benzene rings is 2. The first-order valence-corrected chi connectivity index (χ1v) is 7.56. The van der Waals surface area contributed by atoms with Crippen LogP contribution >= 0.6 is 0 Å². The summed E-state index contributed by atoms with van der Waals surface area (Å²) in [5.74, 6) is 0.0394. The van der Waals surface area contributed by atoms with Crippen molar-refractivity contribution >= 4 is 16.8 Å². The summed E-state index contributed by atoms with van der Waals surface area (Å²) in [6, 6.07) is 13.7. The molecule has 0 fully saturated rings. The minimum atomic E-state index is 0.0394. The second-order valence-corrected chi connectivity index (χ2v) is 5.55. The second-order valence-electron chi connectivity index (χ2n) is 5.55. The number of ketones is 1. The molecule has 0 spiro atoms. The highest BCUT2D eigenvalue weighted by Gasteiger charge is 2.08. The molecule has 0 atom stereocenters. The first-order chi connectivity index (χ1) is 11.7. The average Bonchev–Trinajstić information content (AvgIpc) is 3.06. The van der Waals surface area contributed by atoms with E-state index in [9.17, 15) is 4.79 Å². The zero-order valence-electron chi connectivity index (χ0n) is 13.0. The summed E-state index contributed by atoms with van der Waals surface area (Å²) in [6.07, 6.45) is 6.87. The lowest BCUT2D eigenvalue weighted by atomic mass is 10.1. The zero-order valence-corrected chi connectivity index (χ0v) is 13.0. The van der Waals surface area contributed by atoms with Crippen LogP contribution in [0.1, 0.15) is 17.3 Å². The van der Waals surface area contributed by atoms with Gasteiger partial charge in [-0.1, -0.05) is 12.1 Å². The highest BCUT2D eigenvalue weighted by Crippen LogP contribution is 2.24. The Hall–Kier alpha value is -3.34. The molecule has 0 amide bonds. The van der Waals surface area contributed by atoms with Gasteiger partial charge in [0.15, 0.2) is 5.78 Å². The van der Waals surface area contributed by atoms with Crippen molar-refractivity contribution in [2.24, 2.45) is 0 Å². The normalized spacial score (nSPS) is 10.9. The van der Waals surface area contributed by atoms with E-state index in [4.69, 9.17) is 0 Å². The summed E-state index contributed by atoms with van der Waals surface area (Å²) in [4.78, 5) is 24.1. The topological polar surface area (TPSA) is 60.7 Å². The molecule has 0 saturated carbocycles. The predicted molar refractivity (Wildman–Crippen MR) is 92.1 cm³/mol. The molecule has 0 aliphatic heterocycles. The van der Waals surface area contributed by atoms with E-state index in [1.54, 1.807) is 25.6 Å². The molecule has 24 heavy (non-hydrogen) atoms. The molecule has 0 bridgehead atoms. The molecule has 5 nitrogen and oxygen atoms in total. The van der Waals surface area contributed by atoms with Crippen molar-refractivity contribution in [2.45, 2.75) is 6.92 Å². The lowest BCUT2D eigenvalue weighted by molar-refractivity contribution is 0.101. The summed E-state index contributed by atoms with van der Waals surface area (Å²) < 4.78 is 2.01. The number of Topliss-reactive ketones (excluding diaryl/α,β-unsaturated/α-hetero) is 1. The van der Waals surface area contributed by atoms with Crippen molar-refractivity contribution in [2.75, 3.05) is 0 Å². The molecule has 2 aromatic heterocycles. The van der Waals surface area contributed by atoms with Gasteiger partial charge in [-0.15, -0.1) is 0 Å². The minimum Gasteiger partial charge on any atom is -0.299 e. The lowest BCUT2D eigenvalue weighted by Crippen LogP contribution is -1.94. The van der Waals surface area contributed by atoms with Crippen LogP contribution in [0.15, 0.2) is 67.5 Å². The van der Waals surface area contributed by atoms with Crippen molar-refractivity contribution in [3.05, 3.63) is 73.1 Å². The number of aromatic nitrogens is 4. The maximum atomic E-state index is 11.5. The summed E-state index contributed by atoms with van der Waals surface area (Å²) in [5, 5.41) is 0. The molecular weight excluding hydrogens is 300 g/mol. The van der Waals surface area contributed by atoms with E-state index in [1.807, 2.05) is 41.0 Å². The van der Waals surface area contributed by atoms with Gasteiger partial charge in [0.05, 0.1) is 11.0 Å². The average molecular weight is 314 g/mol. The SMILES string of the molecule is CC(=O)c1ccc2c(c1)ncn2-c1cccc(-c2cncnc2)c1. The summed E-state index contributed by atoms with van der Waals surface area (Å²) in [6.45, 7) is 1.56. The van der Waals surface area contributed by atoms with E-state index in [-0.39, 0.29) is 5.78 Å². The van der Waals surface area contributed by atoms with Gasteiger partial charge in [0.2, 0.25) is 0 Å². The molecule has 4 rings (SSSR count). The van der Waals surface area contributed by atoms with Crippen molar-refractivity contribution in [3.63, 3.8) is 0 Å². The summed E-state index contributed by atoms with van der Waals surface area (Å²) in [5.41, 5.74) is 5.42. The molecule has 0 unspecified atom stereocenters. The molecule has 0 saturated heterocycles. The third-order valence-electron chi connectivity index (χ3n) is 3.97. The van der Waals surface area contributed by atoms with Crippen LogP contribution in [0.5, 0.6) is 0 Å². The van der Waals surface area contributed by atoms with Crippen LogP contribution in [0.4, 0.5) is 0 Å². The number of fused-ring (bicyclic) bond motifs is 1. The van der Waals surface area contributed by atoms with E-state index in [1.165, 1.54) is 6.33 Å². The molecule has 2 aromatic carbocycles. The molecular formula is C19H14N4O. The van der Waals surface area contributed by atoms with Crippen molar-refractivity contribution in [3.8, 4) is 16.8 Å². The Kier molecular flexibility index (Phi) is 3.39. The van der Waals surface area contributed by atoms with Crippen LogP contribution in [0.3, 0.4) is 0 Å². The van der Waals surface area contributed by atoms with Gasteiger partial charge in [0.1, 0.15) is 12.7 Å². The zero-order chi connectivity index (χ0) is 16.5. The first-order valence-electron chi connectivity index (χ1n) is 7.56. The fourth-order valence-corrected chi connectivity index (χ4v) is 2.72. The van der Waals surface area contributed by atoms with Gasteiger partial charge in [-0.05, 0) is 42.8 Å². The van der Waals surface area contributed by atoms with Crippen LogP contribution in [0.2, 0.25) is 0 Å². The van der Waals surface area contributed by atoms with Gasteiger partial charge < -0.3 is 0 Å². The van der Waals surface area contributed by atoms with Crippen LogP contribution in [0.25, 0.3) is 27.8 Å². The van der Waals surface area contributed by atoms with E-state index < -0.39 is 0 Å². The third kappa shape index (κ3) is 2.46. The Bertz CT molecular complexity index is 1040. The fraction of sp³-hybridized carbons (Fsp3) is 0.0526. The number of carbonyl (C=O) groups is 1. The quantitative estimate of drug-likeness (QED) is 0.541. The number of hydrogen-bond donors (Lipinski definition) is 0. The van der Waals surface area contributed by atoms with Gasteiger partial charge in [0.25, 0.3) is 0 Å². The number of rotatable bonds is 3. The van der Waals surface area contributed by atoms with Crippen LogP contribution in [-0.4, -0.2) is 25.3 Å². The van der Waals surface area contributed by atoms with Gasteiger partial charge in [0, 0.05) is 29.2 Å². The van der Waals surface area contributed by atoms with E-state index in [0.29, 0.717) is 5.56 Å². The number of nitrogens with zero attached hydrogens (tertiary/aromatic N) is 4. The Labute approximate surface area is 138 Å². The van der Waals surface area contributed by atoms with E-state index >= 15 is 0 Å². The van der Waals surface area contributed by atoms with Crippen LogP contribution in [-0.2, 0) is 0 Å². The maximum absolute atomic E-state index is 11.5. The molecule has 0 N–H and O–H groups in total. The van der Waals surface area contributed by atoms with E-state index in [0.717, 1.165) is 27.8 Å². The largest absolute Gasteiger partial charge is 0.299 e. The molecule has 0 radical (unpaired) electrons. The molecule has 4 aromatic rings. The molecule has 5 heteroatoms. The number of carbonyl (C=O) groups excluding carboxylic acids is 1. The Morgan fingerprint density at radius 2 is 1.83 bits per heavy atom. The number of hydrogen-bond acceptors (Lipinski definition) is 4. The predicted octanol–water partition coefficient (Wildman–Crippen LogP) is 3.69. The minimum absolute atomic E-state index is 0.0394.